The van der Waals surface area contributed by atoms with Crippen LogP contribution in [0.5, 0.6) is 0 Å². The van der Waals surface area contributed by atoms with E-state index in [9.17, 15) is 0 Å². The smallest absolute Gasteiger partial charge is 0.0702 e. The second kappa shape index (κ2) is 7.36. The van der Waals surface area contributed by atoms with Crippen LogP contribution in [-0.2, 0) is 0 Å². The maximum atomic E-state index is 6.04. The van der Waals surface area contributed by atoms with Crippen molar-refractivity contribution < 1.29 is 0 Å². The summed E-state index contributed by atoms with van der Waals surface area (Å²) < 4.78 is 0. The molecule has 0 spiro atoms. The predicted molar refractivity (Wildman–Crippen MR) is 85.7 cm³/mol. The summed E-state index contributed by atoms with van der Waals surface area (Å²) in [6, 6.07) is 10.9. The first-order valence-electron chi connectivity index (χ1n) is 7.59. The monoisotopic (exact) mass is 271 g/mol. The van der Waals surface area contributed by atoms with E-state index >= 15 is 0 Å². The minimum absolute atomic E-state index is 0.302. The Hall–Kier alpha value is -1.45. The van der Waals surface area contributed by atoms with Gasteiger partial charge in [-0.1, -0.05) is 32.4 Å². The van der Waals surface area contributed by atoms with E-state index in [2.05, 4.69) is 48.0 Å². The molecular weight excluding hydrogens is 246 g/mol. The Labute approximate surface area is 121 Å². The zero-order valence-corrected chi connectivity index (χ0v) is 12.5. The van der Waals surface area contributed by atoms with Crippen LogP contribution in [0.4, 0.5) is 0 Å². The fraction of sp³-hybridized carbons (Fsp3) is 0.471. The summed E-state index contributed by atoms with van der Waals surface area (Å²) in [6.07, 6.45) is 4.27. The van der Waals surface area contributed by atoms with Gasteiger partial charge in [-0.3, -0.25) is 9.88 Å². The third-order valence-electron chi connectivity index (χ3n) is 3.88. The molecule has 0 saturated heterocycles. The van der Waals surface area contributed by atoms with Crippen molar-refractivity contribution in [1.82, 2.24) is 9.88 Å². The van der Waals surface area contributed by atoms with E-state index in [0.717, 1.165) is 18.6 Å². The second-order valence-electron chi connectivity index (χ2n) is 5.19. The first-order chi connectivity index (χ1) is 9.80. The van der Waals surface area contributed by atoms with Crippen LogP contribution in [0.25, 0.3) is 10.9 Å². The molecule has 0 amide bonds. The van der Waals surface area contributed by atoms with Crippen LogP contribution in [-0.4, -0.2) is 29.5 Å². The lowest BCUT2D eigenvalue weighted by atomic mass is 10.0. The van der Waals surface area contributed by atoms with Crippen molar-refractivity contribution in [3.05, 3.63) is 42.1 Å². The number of likely N-dealkylation sites (N-methyl/N-ethyl adjacent to an activating group) is 1. The van der Waals surface area contributed by atoms with Crippen LogP contribution in [0.2, 0.25) is 0 Å². The molecule has 0 aliphatic heterocycles. The predicted octanol–water partition coefficient (Wildman–Crippen LogP) is 3.36. The number of fused-ring (bicyclic) bond motifs is 1. The summed E-state index contributed by atoms with van der Waals surface area (Å²) in [5.41, 5.74) is 8.38. The van der Waals surface area contributed by atoms with Crippen molar-refractivity contribution in [2.24, 2.45) is 5.73 Å². The summed E-state index contributed by atoms with van der Waals surface area (Å²) in [7, 11) is 0. The van der Waals surface area contributed by atoms with Crippen LogP contribution in [0, 0.1) is 0 Å². The number of benzene rings is 1. The second-order valence-corrected chi connectivity index (χ2v) is 5.19. The zero-order valence-electron chi connectivity index (χ0n) is 12.5. The maximum Gasteiger partial charge on any atom is 0.0702 e. The van der Waals surface area contributed by atoms with Crippen molar-refractivity contribution in [2.45, 2.75) is 32.7 Å². The normalized spacial score (nSPS) is 13.0. The van der Waals surface area contributed by atoms with Gasteiger partial charge in [-0.05, 0) is 43.3 Å². The summed E-state index contributed by atoms with van der Waals surface area (Å²) in [5, 5.41) is 1.19. The Morgan fingerprint density at radius 2 is 2.10 bits per heavy atom. The number of hydrogen-bond acceptors (Lipinski definition) is 3. The van der Waals surface area contributed by atoms with Gasteiger partial charge < -0.3 is 5.73 Å². The standard InChI is InChI=1S/C17H25N3/c1-3-5-11-20(4-2)17(13-18)15-8-9-16-14(12-15)7-6-10-19-16/h6-10,12,17H,3-5,11,13,18H2,1-2H3. The molecule has 0 radical (unpaired) electrons. The fourth-order valence-corrected chi connectivity index (χ4v) is 2.69. The zero-order chi connectivity index (χ0) is 14.4. The summed E-state index contributed by atoms with van der Waals surface area (Å²) in [4.78, 5) is 6.85. The van der Waals surface area contributed by atoms with Gasteiger partial charge in [-0.2, -0.15) is 0 Å². The lowest BCUT2D eigenvalue weighted by Gasteiger charge is -2.30. The molecule has 2 aromatic rings. The summed E-state index contributed by atoms with van der Waals surface area (Å²) in [6.45, 7) is 7.24. The molecule has 1 aromatic carbocycles. The molecule has 1 unspecified atom stereocenters. The topological polar surface area (TPSA) is 42.1 Å². The largest absolute Gasteiger partial charge is 0.329 e. The van der Waals surface area contributed by atoms with E-state index < -0.39 is 0 Å². The van der Waals surface area contributed by atoms with Crippen LogP contribution >= 0.6 is 0 Å². The average Bonchev–Trinajstić information content (AvgIpc) is 2.51. The third kappa shape index (κ3) is 3.35. The molecule has 3 nitrogen and oxygen atoms in total. The average molecular weight is 271 g/mol. The van der Waals surface area contributed by atoms with Gasteiger partial charge >= 0.3 is 0 Å². The van der Waals surface area contributed by atoms with E-state index in [4.69, 9.17) is 5.73 Å². The minimum Gasteiger partial charge on any atom is -0.329 e. The first-order valence-corrected chi connectivity index (χ1v) is 7.59. The Kier molecular flexibility index (Phi) is 5.50. The molecule has 2 rings (SSSR count). The van der Waals surface area contributed by atoms with Crippen LogP contribution < -0.4 is 5.73 Å². The molecule has 20 heavy (non-hydrogen) atoms. The molecule has 0 bridgehead atoms. The highest BCUT2D eigenvalue weighted by molar-refractivity contribution is 5.79. The van der Waals surface area contributed by atoms with E-state index in [1.54, 1.807) is 0 Å². The number of nitrogens with zero attached hydrogens (tertiary/aromatic N) is 2. The molecule has 108 valence electrons. The van der Waals surface area contributed by atoms with E-state index in [1.165, 1.54) is 23.8 Å². The van der Waals surface area contributed by atoms with Gasteiger partial charge in [0.25, 0.3) is 0 Å². The molecule has 1 atom stereocenters. The van der Waals surface area contributed by atoms with E-state index in [1.807, 2.05) is 12.3 Å². The number of rotatable bonds is 7. The minimum atomic E-state index is 0.302. The van der Waals surface area contributed by atoms with Crippen LogP contribution in [0.3, 0.4) is 0 Å². The quantitative estimate of drug-likeness (QED) is 0.839. The number of pyridine rings is 1. The molecule has 0 fully saturated rings. The van der Waals surface area contributed by atoms with Gasteiger partial charge in [0.05, 0.1) is 5.52 Å². The number of aromatic nitrogens is 1. The van der Waals surface area contributed by atoms with Gasteiger partial charge in [0.1, 0.15) is 0 Å². The third-order valence-corrected chi connectivity index (χ3v) is 3.88. The lowest BCUT2D eigenvalue weighted by molar-refractivity contribution is 0.209. The van der Waals surface area contributed by atoms with Crippen LogP contribution in [0.15, 0.2) is 36.5 Å². The lowest BCUT2D eigenvalue weighted by Crippen LogP contribution is -2.34. The molecular formula is C17H25N3. The van der Waals surface area contributed by atoms with Gasteiger partial charge in [-0.15, -0.1) is 0 Å². The Bertz CT molecular complexity index is 539. The first kappa shape index (κ1) is 14.9. The Morgan fingerprint density at radius 3 is 2.80 bits per heavy atom. The van der Waals surface area contributed by atoms with Gasteiger partial charge in [0, 0.05) is 24.2 Å². The van der Waals surface area contributed by atoms with Crippen LogP contribution in [0.1, 0.15) is 38.3 Å². The van der Waals surface area contributed by atoms with Crippen molar-refractivity contribution in [1.29, 1.82) is 0 Å². The van der Waals surface area contributed by atoms with E-state index in [-0.39, 0.29) is 0 Å². The van der Waals surface area contributed by atoms with Crippen molar-refractivity contribution in [3.8, 4) is 0 Å². The summed E-state index contributed by atoms with van der Waals surface area (Å²) >= 11 is 0. The highest BCUT2D eigenvalue weighted by atomic mass is 15.2. The van der Waals surface area contributed by atoms with Gasteiger partial charge in [0.15, 0.2) is 0 Å². The van der Waals surface area contributed by atoms with Crippen molar-refractivity contribution in [3.63, 3.8) is 0 Å². The van der Waals surface area contributed by atoms with Crippen molar-refractivity contribution >= 4 is 10.9 Å². The molecule has 0 aliphatic carbocycles. The number of unbranched alkanes of at least 4 members (excludes halogenated alkanes) is 1. The summed E-state index contributed by atoms with van der Waals surface area (Å²) in [5.74, 6) is 0. The highest BCUT2D eigenvalue weighted by Crippen LogP contribution is 2.23. The van der Waals surface area contributed by atoms with Gasteiger partial charge in [0.2, 0.25) is 0 Å². The Balaban J connectivity index is 2.27. The Morgan fingerprint density at radius 1 is 1.25 bits per heavy atom. The molecule has 0 saturated carbocycles. The molecule has 0 aliphatic rings. The van der Waals surface area contributed by atoms with E-state index in [0.29, 0.717) is 12.6 Å². The highest BCUT2D eigenvalue weighted by Gasteiger charge is 2.17. The fourth-order valence-electron chi connectivity index (χ4n) is 2.69. The molecule has 1 heterocycles. The van der Waals surface area contributed by atoms with Gasteiger partial charge in [-0.25, -0.2) is 0 Å². The molecule has 2 N–H and O–H groups in total. The molecule has 1 aromatic heterocycles. The van der Waals surface area contributed by atoms with Crippen molar-refractivity contribution in [2.75, 3.05) is 19.6 Å². The molecule has 3 heteroatoms. The number of nitrogens with two attached hydrogens (primary N) is 1. The number of hydrogen-bond donors (Lipinski definition) is 1. The maximum absolute atomic E-state index is 6.04. The SMILES string of the molecule is CCCCN(CC)C(CN)c1ccc2ncccc2c1.